The molecule has 2 fully saturated rings. The summed E-state index contributed by atoms with van der Waals surface area (Å²) in [6.45, 7) is 6.28. The van der Waals surface area contributed by atoms with Crippen molar-refractivity contribution in [1.29, 1.82) is 0 Å². The van der Waals surface area contributed by atoms with Crippen LogP contribution in [0.4, 0.5) is 4.79 Å². The SMILES string of the molecule is CCOC(=O)N1CCC(N2CCC(Cc3nncn3C)CC2)CC1. The molecule has 2 aliphatic heterocycles. The number of nitrogens with zero attached hydrogens (tertiary/aromatic N) is 5. The van der Waals surface area contributed by atoms with Crippen LogP contribution in [-0.4, -0.2) is 69.5 Å². The molecule has 0 unspecified atom stereocenters. The van der Waals surface area contributed by atoms with Gasteiger partial charge in [0.1, 0.15) is 12.2 Å². The van der Waals surface area contributed by atoms with Gasteiger partial charge in [0.2, 0.25) is 0 Å². The summed E-state index contributed by atoms with van der Waals surface area (Å²) < 4.78 is 7.12. The largest absolute Gasteiger partial charge is 0.450 e. The van der Waals surface area contributed by atoms with Gasteiger partial charge in [0.05, 0.1) is 6.61 Å². The van der Waals surface area contributed by atoms with Crippen molar-refractivity contribution in [1.82, 2.24) is 24.6 Å². The van der Waals surface area contributed by atoms with Crippen molar-refractivity contribution < 1.29 is 9.53 Å². The first-order valence-corrected chi connectivity index (χ1v) is 9.16. The highest BCUT2D eigenvalue weighted by atomic mass is 16.6. The molecule has 0 radical (unpaired) electrons. The molecule has 1 aromatic heterocycles. The zero-order chi connectivity index (χ0) is 16.9. The first kappa shape index (κ1) is 17.2. The number of likely N-dealkylation sites (tertiary alicyclic amines) is 2. The summed E-state index contributed by atoms with van der Waals surface area (Å²) in [6, 6.07) is 0.617. The zero-order valence-electron chi connectivity index (χ0n) is 14.9. The van der Waals surface area contributed by atoms with Crippen molar-refractivity contribution in [2.75, 3.05) is 32.8 Å². The highest BCUT2D eigenvalue weighted by Gasteiger charge is 2.30. The van der Waals surface area contributed by atoms with E-state index in [-0.39, 0.29) is 6.09 Å². The monoisotopic (exact) mass is 335 g/mol. The third-order valence-corrected chi connectivity index (χ3v) is 5.43. The van der Waals surface area contributed by atoms with Crippen LogP contribution in [0.1, 0.15) is 38.4 Å². The van der Waals surface area contributed by atoms with Gasteiger partial charge in [0.25, 0.3) is 0 Å². The number of aryl methyl sites for hydroxylation is 1. The second-order valence-corrected chi connectivity index (χ2v) is 6.96. The number of hydrogen-bond acceptors (Lipinski definition) is 5. The highest BCUT2D eigenvalue weighted by molar-refractivity contribution is 5.67. The van der Waals surface area contributed by atoms with Gasteiger partial charge in [-0.1, -0.05) is 0 Å². The number of amides is 1. The van der Waals surface area contributed by atoms with Gasteiger partial charge in [-0.3, -0.25) is 0 Å². The fourth-order valence-corrected chi connectivity index (χ4v) is 3.90. The first-order valence-electron chi connectivity index (χ1n) is 9.16. The number of piperidine rings is 2. The summed E-state index contributed by atoms with van der Waals surface area (Å²) in [5, 5.41) is 8.18. The Labute approximate surface area is 144 Å². The maximum absolute atomic E-state index is 11.8. The van der Waals surface area contributed by atoms with E-state index in [0.717, 1.165) is 51.3 Å². The lowest BCUT2D eigenvalue weighted by molar-refractivity contribution is 0.0613. The Bertz CT molecular complexity index is 531. The number of rotatable bonds is 4. The lowest BCUT2D eigenvalue weighted by Crippen LogP contribution is -2.49. The van der Waals surface area contributed by atoms with E-state index in [0.29, 0.717) is 18.6 Å². The number of hydrogen-bond donors (Lipinski definition) is 0. The van der Waals surface area contributed by atoms with E-state index in [1.54, 1.807) is 6.33 Å². The van der Waals surface area contributed by atoms with E-state index in [1.165, 1.54) is 12.8 Å². The minimum Gasteiger partial charge on any atom is -0.450 e. The fourth-order valence-electron chi connectivity index (χ4n) is 3.90. The summed E-state index contributed by atoms with van der Waals surface area (Å²) in [5.74, 6) is 1.81. The molecule has 134 valence electrons. The average molecular weight is 335 g/mol. The van der Waals surface area contributed by atoms with Crippen LogP contribution >= 0.6 is 0 Å². The quantitative estimate of drug-likeness (QED) is 0.838. The molecule has 2 saturated heterocycles. The van der Waals surface area contributed by atoms with E-state index in [1.807, 2.05) is 23.4 Å². The summed E-state index contributed by atoms with van der Waals surface area (Å²) in [5.41, 5.74) is 0. The molecule has 7 heteroatoms. The van der Waals surface area contributed by atoms with Crippen LogP contribution < -0.4 is 0 Å². The predicted molar refractivity (Wildman–Crippen MR) is 90.6 cm³/mol. The predicted octanol–water partition coefficient (Wildman–Crippen LogP) is 1.69. The molecule has 1 amide bonds. The summed E-state index contributed by atoms with van der Waals surface area (Å²) in [4.78, 5) is 16.2. The van der Waals surface area contributed by atoms with Crippen molar-refractivity contribution in [2.45, 2.75) is 45.1 Å². The maximum Gasteiger partial charge on any atom is 0.409 e. The summed E-state index contributed by atoms with van der Waals surface area (Å²) in [7, 11) is 2.02. The van der Waals surface area contributed by atoms with Crippen LogP contribution in [0.2, 0.25) is 0 Å². The van der Waals surface area contributed by atoms with Crippen molar-refractivity contribution in [2.24, 2.45) is 13.0 Å². The van der Waals surface area contributed by atoms with E-state index < -0.39 is 0 Å². The van der Waals surface area contributed by atoms with Gasteiger partial charge in [-0.15, -0.1) is 10.2 Å². The zero-order valence-corrected chi connectivity index (χ0v) is 14.9. The number of aromatic nitrogens is 3. The molecule has 0 atom stereocenters. The van der Waals surface area contributed by atoms with Gasteiger partial charge in [-0.05, 0) is 51.6 Å². The third-order valence-electron chi connectivity index (χ3n) is 5.43. The lowest BCUT2D eigenvalue weighted by atomic mass is 9.91. The molecule has 0 bridgehead atoms. The second kappa shape index (κ2) is 7.96. The standard InChI is InChI=1S/C17H29N5O2/c1-3-24-17(23)22-10-6-15(7-11-22)21-8-4-14(5-9-21)12-16-19-18-13-20(16)2/h13-15H,3-12H2,1-2H3. The van der Waals surface area contributed by atoms with Gasteiger partial charge in [0, 0.05) is 32.6 Å². The van der Waals surface area contributed by atoms with Crippen molar-refractivity contribution in [3.05, 3.63) is 12.2 Å². The van der Waals surface area contributed by atoms with Gasteiger partial charge < -0.3 is 19.1 Å². The van der Waals surface area contributed by atoms with E-state index in [2.05, 4.69) is 15.1 Å². The molecule has 0 N–H and O–H groups in total. The van der Waals surface area contributed by atoms with Crippen LogP contribution in [0, 0.1) is 5.92 Å². The minimum atomic E-state index is -0.154. The highest BCUT2D eigenvalue weighted by Crippen LogP contribution is 2.25. The van der Waals surface area contributed by atoms with Crippen molar-refractivity contribution in [3.63, 3.8) is 0 Å². The molecule has 0 aliphatic carbocycles. The molecule has 2 aliphatic rings. The Morgan fingerprint density at radius 2 is 1.92 bits per heavy atom. The molecule has 24 heavy (non-hydrogen) atoms. The topological polar surface area (TPSA) is 63.5 Å². The summed E-state index contributed by atoms with van der Waals surface area (Å²) >= 11 is 0. The Balaban J connectivity index is 1.41. The van der Waals surface area contributed by atoms with Gasteiger partial charge >= 0.3 is 6.09 Å². The normalized spacial score (nSPS) is 21.2. The Hall–Kier alpha value is -1.63. The fraction of sp³-hybridized carbons (Fsp3) is 0.824. The van der Waals surface area contributed by atoms with Crippen LogP contribution in [0.5, 0.6) is 0 Å². The smallest absolute Gasteiger partial charge is 0.409 e. The second-order valence-electron chi connectivity index (χ2n) is 6.96. The van der Waals surface area contributed by atoms with Crippen LogP contribution in [-0.2, 0) is 18.2 Å². The maximum atomic E-state index is 11.8. The molecule has 7 nitrogen and oxygen atoms in total. The average Bonchev–Trinajstić information content (AvgIpc) is 3.01. The molecule has 0 saturated carbocycles. The lowest BCUT2D eigenvalue weighted by Gasteiger charge is -2.41. The molecule has 1 aromatic rings. The Kier molecular flexibility index (Phi) is 5.71. The Morgan fingerprint density at radius 3 is 2.50 bits per heavy atom. The molecule has 3 rings (SSSR count). The number of ether oxygens (including phenoxy) is 1. The number of carbonyl (C=O) groups excluding carboxylic acids is 1. The minimum absolute atomic E-state index is 0.154. The van der Waals surface area contributed by atoms with Crippen LogP contribution in [0.15, 0.2) is 6.33 Å². The molecular weight excluding hydrogens is 306 g/mol. The third kappa shape index (κ3) is 4.06. The van der Waals surface area contributed by atoms with Crippen LogP contribution in [0.3, 0.4) is 0 Å². The van der Waals surface area contributed by atoms with Gasteiger partial charge in [-0.25, -0.2) is 4.79 Å². The van der Waals surface area contributed by atoms with Gasteiger partial charge in [-0.2, -0.15) is 0 Å². The van der Waals surface area contributed by atoms with Crippen molar-refractivity contribution in [3.8, 4) is 0 Å². The van der Waals surface area contributed by atoms with Crippen LogP contribution in [0.25, 0.3) is 0 Å². The summed E-state index contributed by atoms with van der Waals surface area (Å²) in [6.07, 6.45) is 7.24. The molecule has 3 heterocycles. The number of carbonyl (C=O) groups is 1. The Morgan fingerprint density at radius 1 is 1.21 bits per heavy atom. The van der Waals surface area contributed by atoms with E-state index in [4.69, 9.17) is 4.74 Å². The molecular formula is C17H29N5O2. The van der Waals surface area contributed by atoms with E-state index >= 15 is 0 Å². The van der Waals surface area contributed by atoms with E-state index in [9.17, 15) is 4.79 Å². The molecule has 0 aromatic carbocycles. The first-order chi connectivity index (χ1) is 11.7. The molecule has 0 spiro atoms. The van der Waals surface area contributed by atoms with Crippen molar-refractivity contribution >= 4 is 6.09 Å². The van der Waals surface area contributed by atoms with Gasteiger partial charge in [0.15, 0.2) is 0 Å².